The minimum absolute atomic E-state index is 0.176. The van der Waals surface area contributed by atoms with Crippen molar-refractivity contribution in [2.24, 2.45) is 0 Å². The Bertz CT molecular complexity index is 757. The number of pyridine rings is 1. The van der Waals surface area contributed by atoms with Crippen LogP contribution in [0, 0.1) is 0 Å². The van der Waals surface area contributed by atoms with Crippen LogP contribution in [-0.4, -0.2) is 29.4 Å². The molecule has 1 aromatic heterocycles. The van der Waals surface area contributed by atoms with Gasteiger partial charge >= 0.3 is 0 Å². The van der Waals surface area contributed by atoms with Crippen molar-refractivity contribution in [3.63, 3.8) is 0 Å². The summed E-state index contributed by atoms with van der Waals surface area (Å²) >= 11 is 0. The third-order valence-electron chi connectivity index (χ3n) is 3.63. The number of carbonyl (C=O) groups is 2. The van der Waals surface area contributed by atoms with E-state index in [9.17, 15) is 9.59 Å². The van der Waals surface area contributed by atoms with E-state index in [0.717, 1.165) is 12.8 Å². The van der Waals surface area contributed by atoms with E-state index < -0.39 is 0 Å². The lowest BCUT2D eigenvalue weighted by Gasteiger charge is -2.12. The zero-order chi connectivity index (χ0) is 16.9. The van der Waals surface area contributed by atoms with E-state index in [2.05, 4.69) is 15.6 Å². The van der Waals surface area contributed by atoms with Gasteiger partial charge in [-0.25, -0.2) is 4.98 Å². The van der Waals surface area contributed by atoms with E-state index in [1.807, 2.05) is 6.92 Å². The van der Waals surface area contributed by atoms with Gasteiger partial charge < -0.3 is 15.4 Å². The molecule has 1 aliphatic rings. The van der Waals surface area contributed by atoms with Gasteiger partial charge in [0.25, 0.3) is 11.8 Å². The first-order valence-electron chi connectivity index (χ1n) is 7.98. The number of amides is 2. The highest BCUT2D eigenvalue weighted by molar-refractivity contribution is 6.10. The molecule has 6 heteroatoms. The molecule has 1 saturated carbocycles. The van der Waals surface area contributed by atoms with Crippen molar-refractivity contribution >= 4 is 17.5 Å². The maximum Gasteiger partial charge on any atom is 0.261 e. The molecule has 2 aromatic rings. The summed E-state index contributed by atoms with van der Waals surface area (Å²) in [5.41, 5.74) is 1.24. The molecule has 0 aliphatic heterocycles. The Morgan fingerprint density at radius 2 is 1.88 bits per heavy atom. The maximum absolute atomic E-state index is 12.6. The van der Waals surface area contributed by atoms with Gasteiger partial charge in [-0.05, 0) is 44.0 Å². The van der Waals surface area contributed by atoms with Crippen LogP contribution in [0.15, 0.2) is 42.6 Å². The topological polar surface area (TPSA) is 80.3 Å². The number of para-hydroxylation sites is 1. The van der Waals surface area contributed by atoms with Crippen LogP contribution in [0.1, 0.15) is 40.5 Å². The van der Waals surface area contributed by atoms with E-state index in [0.29, 0.717) is 23.4 Å². The van der Waals surface area contributed by atoms with Crippen molar-refractivity contribution in [2.45, 2.75) is 25.8 Å². The number of carbonyl (C=O) groups excluding carboxylic acids is 2. The molecule has 2 amide bonds. The molecule has 6 nitrogen and oxygen atoms in total. The van der Waals surface area contributed by atoms with Crippen LogP contribution in [0.4, 0.5) is 5.69 Å². The second kappa shape index (κ2) is 7.12. The summed E-state index contributed by atoms with van der Waals surface area (Å²) < 4.78 is 5.38. The van der Waals surface area contributed by atoms with Crippen LogP contribution < -0.4 is 15.4 Å². The summed E-state index contributed by atoms with van der Waals surface area (Å²) in [7, 11) is 0. The monoisotopic (exact) mass is 325 g/mol. The van der Waals surface area contributed by atoms with Crippen LogP contribution in [0.3, 0.4) is 0 Å². The standard InChI is InChI=1S/C18H19N3O3/c1-2-24-18-14(7-5-11-19-18)17(23)21-15-8-4-3-6-13(15)16(22)20-12-9-10-12/h3-8,11-12H,2,9-10H2,1H3,(H,20,22)(H,21,23). The summed E-state index contributed by atoms with van der Waals surface area (Å²) in [5, 5.41) is 5.71. The van der Waals surface area contributed by atoms with Crippen molar-refractivity contribution in [1.29, 1.82) is 0 Å². The third kappa shape index (κ3) is 3.71. The van der Waals surface area contributed by atoms with Gasteiger partial charge in [0.15, 0.2) is 0 Å². The van der Waals surface area contributed by atoms with Gasteiger partial charge in [-0.15, -0.1) is 0 Å². The smallest absolute Gasteiger partial charge is 0.261 e. The van der Waals surface area contributed by atoms with Crippen LogP contribution in [0.5, 0.6) is 5.88 Å². The zero-order valence-corrected chi connectivity index (χ0v) is 13.4. The summed E-state index contributed by atoms with van der Waals surface area (Å²) in [5.74, 6) is -0.264. The fraction of sp³-hybridized carbons (Fsp3) is 0.278. The van der Waals surface area contributed by atoms with Crippen molar-refractivity contribution in [3.8, 4) is 5.88 Å². The second-order valence-corrected chi connectivity index (χ2v) is 5.54. The molecule has 2 N–H and O–H groups in total. The molecule has 0 spiro atoms. The molecule has 1 aromatic carbocycles. The van der Waals surface area contributed by atoms with Crippen LogP contribution >= 0.6 is 0 Å². The summed E-state index contributed by atoms with van der Waals surface area (Å²) in [4.78, 5) is 28.9. The first-order valence-corrected chi connectivity index (χ1v) is 7.98. The minimum atomic E-state index is -0.363. The Labute approximate surface area is 140 Å². The van der Waals surface area contributed by atoms with Crippen LogP contribution in [0.25, 0.3) is 0 Å². The summed E-state index contributed by atoms with van der Waals surface area (Å²) in [6.07, 6.45) is 3.58. The maximum atomic E-state index is 12.6. The molecular formula is C18H19N3O3. The average Bonchev–Trinajstić information content (AvgIpc) is 3.40. The summed E-state index contributed by atoms with van der Waals surface area (Å²) in [6.45, 7) is 2.24. The van der Waals surface area contributed by atoms with Gasteiger partial charge in [0, 0.05) is 12.2 Å². The van der Waals surface area contributed by atoms with Gasteiger partial charge in [-0.3, -0.25) is 9.59 Å². The predicted octanol–water partition coefficient (Wildman–Crippen LogP) is 2.62. The molecule has 1 aliphatic carbocycles. The normalized spacial score (nSPS) is 13.2. The van der Waals surface area contributed by atoms with Gasteiger partial charge in [0.05, 0.1) is 17.9 Å². The lowest BCUT2D eigenvalue weighted by Crippen LogP contribution is -2.27. The number of ether oxygens (including phenoxy) is 1. The van der Waals surface area contributed by atoms with E-state index in [4.69, 9.17) is 4.74 Å². The van der Waals surface area contributed by atoms with E-state index >= 15 is 0 Å². The SMILES string of the molecule is CCOc1ncccc1C(=O)Nc1ccccc1C(=O)NC1CC1. The first-order chi connectivity index (χ1) is 11.7. The summed E-state index contributed by atoms with van der Waals surface area (Å²) in [6, 6.07) is 10.5. The molecule has 0 saturated heterocycles. The average molecular weight is 325 g/mol. The van der Waals surface area contributed by atoms with Crippen LogP contribution in [-0.2, 0) is 0 Å². The molecule has 24 heavy (non-hydrogen) atoms. The molecule has 1 fully saturated rings. The second-order valence-electron chi connectivity index (χ2n) is 5.54. The quantitative estimate of drug-likeness (QED) is 0.855. The number of nitrogens with zero attached hydrogens (tertiary/aromatic N) is 1. The number of hydrogen-bond acceptors (Lipinski definition) is 4. The van der Waals surface area contributed by atoms with Gasteiger partial charge in [0.2, 0.25) is 5.88 Å². The van der Waals surface area contributed by atoms with E-state index in [1.165, 1.54) is 0 Å². The number of benzene rings is 1. The Morgan fingerprint density at radius 1 is 1.12 bits per heavy atom. The van der Waals surface area contributed by atoms with Gasteiger partial charge in [0.1, 0.15) is 5.56 Å². The fourth-order valence-electron chi connectivity index (χ4n) is 2.29. The van der Waals surface area contributed by atoms with Crippen molar-refractivity contribution in [2.75, 3.05) is 11.9 Å². The highest BCUT2D eigenvalue weighted by atomic mass is 16.5. The molecule has 0 atom stereocenters. The number of hydrogen-bond donors (Lipinski definition) is 2. The van der Waals surface area contributed by atoms with Crippen molar-refractivity contribution in [3.05, 3.63) is 53.7 Å². The van der Waals surface area contributed by atoms with Gasteiger partial charge in [-0.2, -0.15) is 0 Å². The Balaban J connectivity index is 1.81. The lowest BCUT2D eigenvalue weighted by molar-refractivity contribution is 0.0952. The van der Waals surface area contributed by atoms with Crippen LogP contribution in [0.2, 0.25) is 0 Å². The molecule has 0 radical (unpaired) electrons. The third-order valence-corrected chi connectivity index (χ3v) is 3.63. The van der Waals surface area contributed by atoms with Crippen molar-refractivity contribution < 1.29 is 14.3 Å². The first kappa shape index (κ1) is 16.0. The predicted molar refractivity (Wildman–Crippen MR) is 90.3 cm³/mol. The molecule has 0 unspecified atom stereocenters. The number of anilines is 1. The fourth-order valence-corrected chi connectivity index (χ4v) is 2.29. The molecule has 1 heterocycles. The molecule has 124 valence electrons. The number of nitrogens with one attached hydrogen (secondary N) is 2. The zero-order valence-electron chi connectivity index (χ0n) is 13.4. The highest BCUT2D eigenvalue weighted by Gasteiger charge is 2.25. The Kier molecular flexibility index (Phi) is 4.74. The van der Waals surface area contributed by atoms with Crippen molar-refractivity contribution in [1.82, 2.24) is 10.3 Å². The Hall–Kier alpha value is -2.89. The molecule has 0 bridgehead atoms. The number of aromatic nitrogens is 1. The highest BCUT2D eigenvalue weighted by Crippen LogP contribution is 2.23. The lowest BCUT2D eigenvalue weighted by atomic mass is 10.1. The van der Waals surface area contributed by atoms with E-state index in [1.54, 1.807) is 42.6 Å². The van der Waals surface area contributed by atoms with E-state index in [-0.39, 0.29) is 23.7 Å². The Morgan fingerprint density at radius 3 is 2.62 bits per heavy atom. The van der Waals surface area contributed by atoms with Gasteiger partial charge in [-0.1, -0.05) is 12.1 Å². The molecule has 3 rings (SSSR count). The largest absolute Gasteiger partial charge is 0.477 e. The molecular weight excluding hydrogens is 306 g/mol. The minimum Gasteiger partial charge on any atom is -0.477 e. The number of rotatable bonds is 6.